The molecule has 0 aromatic carbocycles. The Morgan fingerprint density at radius 3 is 0.937 bits per heavy atom. The van der Waals surface area contributed by atoms with Crippen LogP contribution in [0.15, 0.2) is 0 Å². The summed E-state index contributed by atoms with van der Waals surface area (Å²) in [6.45, 7) is 54.5. The van der Waals surface area contributed by atoms with Crippen LogP contribution in [0.2, 0.25) is 0 Å². The molecule has 378 valence electrons. The van der Waals surface area contributed by atoms with E-state index >= 15 is 0 Å². The molecule has 6 heterocycles. The summed E-state index contributed by atoms with van der Waals surface area (Å²) in [5.41, 5.74) is 2.99. The maximum atomic E-state index is 5.29. The van der Waals surface area contributed by atoms with Gasteiger partial charge in [-0.15, -0.1) is 0 Å². The van der Waals surface area contributed by atoms with E-state index in [0.29, 0.717) is 32.5 Å². The van der Waals surface area contributed by atoms with Crippen LogP contribution in [0, 0.1) is 56.2 Å². The maximum Gasteiger partial charge on any atom is 0.0468 e. The Morgan fingerprint density at radius 2 is 0.635 bits per heavy atom. The third-order valence-corrected chi connectivity index (χ3v) is 16.1. The largest absolute Gasteiger partial charge is 0.381 e. The van der Waals surface area contributed by atoms with Crippen molar-refractivity contribution in [3.63, 3.8) is 0 Å². The molecule has 6 nitrogen and oxygen atoms in total. The van der Waals surface area contributed by atoms with Gasteiger partial charge >= 0.3 is 0 Å². The van der Waals surface area contributed by atoms with Crippen molar-refractivity contribution in [2.24, 2.45) is 56.2 Å². The van der Waals surface area contributed by atoms with Gasteiger partial charge in [0.15, 0.2) is 0 Å². The maximum absolute atomic E-state index is 5.29. The van der Waals surface area contributed by atoms with Crippen LogP contribution in [0.5, 0.6) is 0 Å². The van der Waals surface area contributed by atoms with Crippen LogP contribution in [0.4, 0.5) is 0 Å². The molecule has 6 rings (SSSR count). The Balaban J connectivity index is 0.000000378. The predicted octanol–water partition coefficient (Wildman–Crippen LogP) is 13.8. The lowest BCUT2D eigenvalue weighted by Gasteiger charge is -2.41. The van der Waals surface area contributed by atoms with E-state index in [1.807, 2.05) is 0 Å². The molecule has 0 spiro atoms. The molecule has 0 aliphatic carbocycles. The lowest BCUT2D eigenvalue weighted by atomic mass is 9.75. The molecular formula is C57H119N5O. The molecule has 63 heavy (non-hydrogen) atoms. The molecule has 6 fully saturated rings. The molecule has 6 aliphatic rings. The van der Waals surface area contributed by atoms with Gasteiger partial charge in [-0.1, -0.05) is 131 Å². The predicted molar refractivity (Wildman–Crippen MR) is 282 cm³/mol. The van der Waals surface area contributed by atoms with Gasteiger partial charge in [0.1, 0.15) is 0 Å². The summed E-state index contributed by atoms with van der Waals surface area (Å²) in [4.78, 5) is 12.3. The second-order valence-corrected chi connectivity index (χ2v) is 28.1. The van der Waals surface area contributed by atoms with Gasteiger partial charge in [-0.05, 0) is 201 Å². The fraction of sp³-hybridized carbons (Fsp3) is 1.00. The molecule has 0 radical (unpaired) electrons. The zero-order chi connectivity index (χ0) is 48.6. The van der Waals surface area contributed by atoms with Gasteiger partial charge in [-0.2, -0.15) is 0 Å². The molecule has 6 heteroatoms. The molecule has 6 saturated heterocycles. The van der Waals surface area contributed by atoms with Gasteiger partial charge in [0, 0.05) is 38.4 Å². The third-order valence-electron chi connectivity index (χ3n) is 16.1. The van der Waals surface area contributed by atoms with Crippen molar-refractivity contribution in [1.29, 1.82) is 0 Å². The van der Waals surface area contributed by atoms with E-state index in [1.54, 1.807) is 0 Å². The second-order valence-electron chi connectivity index (χ2n) is 28.1. The fourth-order valence-corrected chi connectivity index (χ4v) is 11.1. The summed E-state index contributed by atoms with van der Waals surface area (Å²) in [6, 6.07) is 1.61. The highest BCUT2D eigenvalue weighted by Crippen LogP contribution is 2.36. The van der Waals surface area contributed by atoms with E-state index in [2.05, 4.69) is 184 Å². The number of piperidine rings is 3. The number of rotatable bonds is 0. The Kier molecular flexibility index (Phi) is 26.1. The summed E-state index contributed by atoms with van der Waals surface area (Å²) < 4.78 is 5.29. The Labute approximate surface area is 398 Å². The molecule has 0 saturated carbocycles. The first kappa shape index (κ1) is 60.8. The Bertz CT molecular complexity index is 1150. The van der Waals surface area contributed by atoms with Crippen molar-refractivity contribution in [2.45, 2.75) is 214 Å². The van der Waals surface area contributed by atoms with E-state index in [-0.39, 0.29) is 0 Å². The molecule has 0 N–H and O–H groups in total. The summed E-state index contributed by atoms with van der Waals surface area (Å²) in [5, 5.41) is 0. The molecular weight excluding hydrogens is 771 g/mol. The zero-order valence-electron chi connectivity index (χ0n) is 47.7. The van der Waals surface area contributed by atoms with Crippen LogP contribution in [-0.2, 0) is 4.74 Å². The molecule has 0 bridgehead atoms. The first-order chi connectivity index (χ1) is 28.6. The van der Waals surface area contributed by atoms with Gasteiger partial charge in [-0.3, -0.25) is 0 Å². The average Bonchev–Trinajstić information content (AvgIpc) is 3.81. The van der Waals surface area contributed by atoms with Gasteiger partial charge in [0.05, 0.1) is 0 Å². The lowest BCUT2D eigenvalue weighted by molar-refractivity contribution is 0.0286. The van der Waals surface area contributed by atoms with Crippen LogP contribution >= 0.6 is 0 Å². The first-order valence-electron chi connectivity index (χ1n) is 26.7. The topological polar surface area (TPSA) is 25.4 Å². The van der Waals surface area contributed by atoms with Gasteiger partial charge < -0.3 is 29.2 Å². The highest BCUT2D eigenvalue weighted by Gasteiger charge is 2.33. The minimum atomic E-state index is 0.467. The smallest absolute Gasteiger partial charge is 0.0468 e. The number of likely N-dealkylation sites (tertiary alicyclic amines) is 5. The number of ether oxygens (including phenoxy) is 1. The summed E-state index contributed by atoms with van der Waals surface area (Å²) >= 11 is 0. The highest BCUT2D eigenvalue weighted by atomic mass is 16.5. The average molecular weight is 891 g/mol. The van der Waals surface area contributed by atoms with E-state index in [0.717, 1.165) is 49.0 Å². The van der Waals surface area contributed by atoms with Crippen LogP contribution < -0.4 is 0 Å². The van der Waals surface area contributed by atoms with Crippen molar-refractivity contribution in [2.75, 3.05) is 101 Å². The summed E-state index contributed by atoms with van der Waals surface area (Å²) in [7, 11) is 11.2. The normalized spacial score (nSPS) is 27.3. The summed E-state index contributed by atoms with van der Waals surface area (Å²) in [5.74, 6) is 3.64. The Hall–Kier alpha value is -0.240. The van der Waals surface area contributed by atoms with E-state index in [4.69, 9.17) is 4.74 Å². The standard InChI is InChI=1S/3C10H21N.2C9H19N.C9H18O/c1-10(2,3)9-5-7-11(4)8-6-9;1-10(2,3)9-6-5-7-11(4)8-9;1-10(2,3)9-7-5-6-8-11(9)4;1-9(2,3)8-5-6-10(4)7-8;1-9(2,3)8-6-5-7-10(8)4;1-9(2,3)8-4-6-10-7-5-8/h3*9H,5-8H2,1-4H3;2*8H,5-7H2,1-4H3;8H,4-7H2,1-3H3. The van der Waals surface area contributed by atoms with Gasteiger partial charge in [0.25, 0.3) is 0 Å². The number of nitrogens with zero attached hydrogens (tertiary/aromatic N) is 5. The van der Waals surface area contributed by atoms with Crippen LogP contribution in [-0.4, -0.2) is 137 Å². The fourth-order valence-electron chi connectivity index (χ4n) is 11.1. The van der Waals surface area contributed by atoms with Crippen LogP contribution in [0.1, 0.15) is 202 Å². The lowest BCUT2D eigenvalue weighted by Crippen LogP contribution is -2.44. The van der Waals surface area contributed by atoms with E-state index in [9.17, 15) is 0 Å². The van der Waals surface area contributed by atoms with Gasteiger partial charge in [0.2, 0.25) is 0 Å². The molecule has 6 aliphatic heterocycles. The van der Waals surface area contributed by atoms with Crippen molar-refractivity contribution in [3.8, 4) is 0 Å². The number of hydrogen-bond acceptors (Lipinski definition) is 6. The Morgan fingerprint density at radius 1 is 0.302 bits per heavy atom. The molecule has 0 aromatic rings. The zero-order valence-corrected chi connectivity index (χ0v) is 47.7. The van der Waals surface area contributed by atoms with Crippen LogP contribution in [0.25, 0.3) is 0 Å². The molecule has 0 amide bonds. The van der Waals surface area contributed by atoms with Crippen molar-refractivity contribution in [1.82, 2.24) is 24.5 Å². The third kappa shape index (κ3) is 25.1. The minimum Gasteiger partial charge on any atom is -0.381 e. The quantitative estimate of drug-likeness (QED) is 0.240. The molecule has 0 aromatic heterocycles. The molecule has 4 unspecified atom stereocenters. The highest BCUT2D eigenvalue weighted by molar-refractivity contribution is 4.87. The SMILES string of the molecule is CC(C)(C)C1CCOCC1.CN1CCC(C(C)(C)C)C1.CN1CCC(C(C)(C)C)CC1.CN1CCCC(C(C)(C)C)C1.CN1CCCC1C(C)(C)C.CN1CCCCC1C(C)(C)C. The summed E-state index contributed by atoms with van der Waals surface area (Å²) in [6.07, 6.45) is 16.5. The molecule has 4 atom stereocenters. The minimum absolute atomic E-state index is 0.467. The first-order valence-corrected chi connectivity index (χ1v) is 26.7. The van der Waals surface area contributed by atoms with E-state index in [1.165, 1.54) is 129 Å². The van der Waals surface area contributed by atoms with Crippen molar-refractivity contribution in [3.05, 3.63) is 0 Å². The van der Waals surface area contributed by atoms with E-state index < -0.39 is 0 Å². The monoisotopic (exact) mass is 890 g/mol. The van der Waals surface area contributed by atoms with Crippen LogP contribution in [0.3, 0.4) is 0 Å². The number of hydrogen-bond donors (Lipinski definition) is 0. The van der Waals surface area contributed by atoms with Crippen molar-refractivity contribution >= 4 is 0 Å². The van der Waals surface area contributed by atoms with Gasteiger partial charge in [-0.25, -0.2) is 0 Å². The van der Waals surface area contributed by atoms with Crippen molar-refractivity contribution < 1.29 is 4.74 Å². The second kappa shape index (κ2) is 27.1.